The highest BCUT2D eigenvalue weighted by molar-refractivity contribution is 14.1. The zero-order chi connectivity index (χ0) is 20.5. The van der Waals surface area contributed by atoms with Crippen molar-refractivity contribution in [2.75, 3.05) is 4.90 Å². The number of nitrogens with zero attached hydrogens (tertiary/aromatic N) is 2. The van der Waals surface area contributed by atoms with E-state index in [2.05, 4.69) is 90.8 Å². The van der Waals surface area contributed by atoms with Gasteiger partial charge in [0.25, 0.3) is 5.91 Å². The lowest BCUT2D eigenvalue weighted by atomic mass is 9.79. The lowest BCUT2D eigenvalue weighted by molar-refractivity contribution is 0.0955. The fraction of sp³-hybridized carbons (Fsp3) is 0.391. The highest BCUT2D eigenvalue weighted by atomic mass is 127. The van der Waals surface area contributed by atoms with E-state index in [0.717, 1.165) is 15.6 Å². The number of nitrogens with one attached hydrogen (secondary N) is 1. The Hall–Kier alpha value is -1.89. The van der Waals surface area contributed by atoms with Crippen molar-refractivity contribution in [3.63, 3.8) is 0 Å². The summed E-state index contributed by atoms with van der Waals surface area (Å²) < 4.78 is 1.02. The van der Waals surface area contributed by atoms with E-state index >= 15 is 0 Å². The third-order valence-electron chi connectivity index (χ3n) is 5.28. The quantitative estimate of drug-likeness (QED) is 0.348. The molecule has 1 amide bonds. The lowest BCUT2D eigenvalue weighted by Crippen LogP contribution is -2.51. The van der Waals surface area contributed by atoms with E-state index in [1.807, 2.05) is 18.2 Å². The van der Waals surface area contributed by atoms with Gasteiger partial charge in [0, 0.05) is 26.4 Å². The first-order chi connectivity index (χ1) is 13.2. The Morgan fingerprint density at radius 1 is 1.29 bits per heavy atom. The second-order valence-electron chi connectivity index (χ2n) is 8.41. The number of hydrazone groups is 1. The smallest absolute Gasteiger partial charge is 0.271 e. The van der Waals surface area contributed by atoms with Gasteiger partial charge in [0.15, 0.2) is 0 Å². The third-order valence-corrected chi connectivity index (χ3v) is 5.95. The number of amides is 1. The number of fused-ring (bicyclic) bond motifs is 1. The molecule has 1 aliphatic rings. The second-order valence-corrected chi connectivity index (χ2v) is 9.65. The topological polar surface area (TPSA) is 44.7 Å². The van der Waals surface area contributed by atoms with Gasteiger partial charge in [-0.25, -0.2) is 5.43 Å². The number of halogens is 1. The van der Waals surface area contributed by atoms with Crippen molar-refractivity contribution in [3.05, 3.63) is 62.7 Å². The van der Waals surface area contributed by atoms with Crippen LogP contribution in [0.15, 0.2) is 47.6 Å². The number of rotatable bonds is 4. The predicted molar refractivity (Wildman–Crippen MR) is 125 cm³/mol. The van der Waals surface area contributed by atoms with Crippen LogP contribution in [0.5, 0.6) is 0 Å². The standard InChI is InChI=1S/C23H28IN3O/c1-15(2)27-21-10-9-17(11-20(21)16(3)13-23(27,4)5)14-25-26-22(28)18-7-6-8-19(24)12-18/h6-12,14-16H,13H2,1-5H3,(H,26,28)/b25-14-/t16-/m1/s1. The van der Waals surface area contributed by atoms with Crippen LogP contribution in [-0.2, 0) is 0 Å². The number of hydrogen-bond acceptors (Lipinski definition) is 3. The Balaban J connectivity index is 1.79. The highest BCUT2D eigenvalue weighted by Crippen LogP contribution is 2.44. The maximum Gasteiger partial charge on any atom is 0.271 e. The van der Waals surface area contributed by atoms with E-state index < -0.39 is 0 Å². The van der Waals surface area contributed by atoms with Gasteiger partial charge in [0.2, 0.25) is 0 Å². The van der Waals surface area contributed by atoms with Gasteiger partial charge in [-0.2, -0.15) is 5.10 Å². The molecule has 5 heteroatoms. The monoisotopic (exact) mass is 489 g/mol. The van der Waals surface area contributed by atoms with Crippen LogP contribution in [0.2, 0.25) is 0 Å². The maximum atomic E-state index is 12.2. The van der Waals surface area contributed by atoms with Crippen molar-refractivity contribution in [1.82, 2.24) is 5.43 Å². The fourth-order valence-electron chi connectivity index (χ4n) is 4.39. The molecule has 0 spiro atoms. The summed E-state index contributed by atoms with van der Waals surface area (Å²) in [4.78, 5) is 14.7. The Kier molecular flexibility index (Phi) is 6.12. The molecule has 1 aliphatic heterocycles. The van der Waals surface area contributed by atoms with E-state index in [0.29, 0.717) is 17.5 Å². The van der Waals surface area contributed by atoms with E-state index in [1.54, 1.807) is 12.3 Å². The van der Waals surface area contributed by atoms with Crippen LogP contribution < -0.4 is 10.3 Å². The van der Waals surface area contributed by atoms with Gasteiger partial charge in [-0.1, -0.05) is 19.1 Å². The molecular formula is C23H28IN3O. The zero-order valence-electron chi connectivity index (χ0n) is 17.2. The van der Waals surface area contributed by atoms with Crippen LogP contribution in [0.4, 0.5) is 5.69 Å². The molecule has 0 fully saturated rings. The van der Waals surface area contributed by atoms with Gasteiger partial charge in [-0.15, -0.1) is 0 Å². The van der Waals surface area contributed by atoms with Crippen molar-refractivity contribution < 1.29 is 4.79 Å². The number of benzene rings is 2. The minimum atomic E-state index is -0.200. The summed E-state index contributed by atoms with van der Waals surface area (Å²) in [5, 5.41) is 4.16. The van der Waals surface area contributed by atoms with Gasteiger partial charge in [0.05, 0.1) is 6.21 Å². The number of carbonyl (C=O) groups is 1. The van der Waals surface area contributed by atoms with Gasteiger partial charge in [-0.05, 0) is 104 Å². The first-order valence-electron chi connectivity index (χ1n) is 9.71. The van der Waals surface area contributed by atoms with Crippen LogP contribution >= 0.6 is 22.6 Å². The largest absolute Gasteiger partial charge is 0.364 e. The zero-order valence-corrected chi connectivity index (χ0v) is 19.3. The summed E-state index contributed by atoms with van der Waals surface area (Å²) in [6, 6.07) is 14.4. The predicted octanol–water partition coefficient (Wildman–Crippen LogP) is 5.56. The Morgan fingerprint density at radius 3 is 2.71 bits per heavy atom. The molecule has 0 aliphatic carbocycles. The van der Waals surface area contributed by atoms with E-state index in [1.165, 1.54) is 11.3 Å². The Bertz CT molecular complexity index is 904. The average molecular weight is 489 g/mol. The first kappa shape index (κ1) is 20.8. The van der Waals surface area contributed by atoms with Crippen LogP contribution in [-0.4, -0.2) is 23.7 Å². The Labute approximate surface area is 181 Å². The fourth-order valence-corrected chi connectivity index (χ4v) is 4.93. The first-order valence-corrected chi connectivity index (χ1v) is 10.8. The normalized spacial score (nSPS) is 18.4. The van der Waals surface area contributed by atoms with Gasteiger partial charge in [-0.3, -0.25) is 4.79 Å². The van der Waals surface area contributed by atoms with Gasteiger partial charge < -0.3 is 4.90 Å². The Morgan fingerprint density at radius 2 is 2.04 bits per heavy atom. The molecule has 2 aromatic rings. The third kappa shape index (κ3) is 4.40. The lowest BCUT2D eigenvalue weighted by Gasteiger charge is -2.50. The molecule has 148 valence electrons. The summed E-state index contributed by atoms with van der Waals surface area (Å²) >= 11 is 2.19. The molecule has 1 heterocycles. The number of anilines is 1. The summed E-state index contributed by atoms with van der Waals surface area (Å²) in [5.74, 6) is 0.281. The SMILES string of the molecule is CC(C)N1c2ccc(/C=N\NC(=O)c3cccc(I)c3)cc2[C@H](C)CC1(C)C. The summed E-state index contributed by atoms with van der Waals surface area (Å²) in [6.07, 6.45) is 2.83. The summed E-state index contributed by atoms with van der Waals surface area (Å²) in [5.41, 5.74) is 7.02. The van der Waals surface area contributed by atoms with Gasteiger partial charge >= 0.3 is 0 Å². The molecule has 28 heavy (non-hydrogen) atoms. The molecule has 0 radical (unpaired) electrons. The molecule has 2 aromatic carbocycles. The van der Waals surface area contributed by atoms with E-state index in [9.17, 15) is 4.79 Å². The molecule has 1 atom stereocenters. The summed E-state index contributed by atoms with van der Waals surface area (Å²) in [6.45, 7) is 11.4. The molecule has 4 nitrogen and oxygen atoms in total. The van der Waals surface area contributed by atoms with Crippen molar-refractivity contribution in [2.24, 2.45) is 5.10 Å². The second kappa shape index (κ2) is 8.23. The minimum Gasteiger partial charge on any atom is -0.364 e. The average Bonchev–Trinajstić information content (AvgIpc) is 2.61. The van der Waals surface area contributed by atoms with Crippen molar-refractivity contribution in [1.29, 1.82) is 0 Å². The van der Waals surface area contributed by atoms with E-state index in [4.69, 9.17) is 0 Å². The molecule has 0 saturated carbocycles. The molecule has 3 rings (SSSR count). The molecule has 0 aromatic heterocycles. The molecule has 1 N–H and O–H groups in total. The minimum absolute atomic E-state index is 0.136. The number of carbonyl (C=O) groups excluding carboxylic acids is 1. The van der Waals surface area contributed by atoms with E-state index in [-0.39, 0.29) is 11.4 Å². The van der Waals surface area contributed by atoms with Crippen LogP contribution in [0, 0.1) is 3.57 Å². The van der Waals surface area contributed by atoms with Crippen molar-refractivity contribution >= 4 is 40.4 Å². The number of hydrogen-bond donors (Lipinski definition) is 1. The van der Waals surface area contributed by atoms with Crippen molar-refractivity contribution in [3.8, 4) is 0 Å². The molecule has 0 unspecified atom stereocenters. The highest BCUT2D eigenvalue weighted by Gasteiger charge is 2.37. The molecule has 0 saturated heterocycles. The van der Waals surface area contributed by atoms with Crippen LogP contribution in [0.3, 0.4) is 0 Å². The molecular weight excluding hydrogens is 461 g/mol. The van der Waals surface area contributed by atoms with Crippen LogP contribution in [0.1, 0.15) is 68.4 Å². The molecule has 0 bridgehead atoms. The van der Waals surface area contributed by atoms with Gasteiger partial charge in [0.1, 0.15) is 0 Å². The van der Waals surface area contributed by atoms with Crippen LogP contribution in [0.25, 0.3) is 0 Å². The maximum absolute atomic E-state index is 12.2. The van der Waals surface area contributed by atoms with Crippen molar-refractivity contribution in [2.45, 2.75) is 58.5 Å². The summed E-state index contributed by atoms with van der Waals surface area (Å²) in [7, 11) is 0.